The summed E-state index contributed by atoms with van der Waals surface area (Å²) in [5, 5.41) is 6.20. The number of ether oxygens (including phenoxy) is 1. The van der Waals surface area contributed by atoms with Gasteiger partial charge in [-0.25, -0.2) is 0 Å². The van der Waals surface area contributed by atoms with Crippen LogP contribution in [0.5, 0.6) is 5.75 Å². The predicted molar refractivity (Wildman–Crippen MR) is 79.1 cm³/mol. The molecule has 1 aromatic carbocycles. The molecule has 19 heavy (non-hydrogen) atoms. The third-order valence-electron chi connectivity index (χ3n) is 3.08. The minimum atomic E-state index is 0. The van der Waals surface area contributed by atoms with E-state index in [9.17, 15) is 4.79 Å². The van der Waals surface area contributed by atoms with Crippen LogP contribution in [0.15, 0.2) is 24.3 Å². The molecule has 106 valence electrons. The van der Waals surface area contributed by atoms with Gasteiger partial charge in [0.2, 0.25) is 5.91 Å². The Hall–Kier alpha value is -1.26. The van der Waals surface area contributed by atoms with Crippen LogP contribution >= 0.6 is 12.4 Å². The van der Waals surface area contributed by atoms with E-state index in [1.54, 1.807) is 0 Å². The number of rotatable bonds is 4. The molecule has 1 fully saturated rings. The minimum absolute atomic E-state index is 0. The van der Waals surface area contributed by atoms with E-state index >= 15 is 0 Å². The number of carbonyl (C=O) groups excluding carboxylic acids is 1. The van der Waals surface area contributed by atoms with E-state index in [2.05, 4.69) is 10.6 Å². The first-order valence-electron chi connectivity index (χ1n) is 6.54. The highest BCUT2D eigenvalue weighted by molar-refractivity contribution is 5.92. The maximum Gasteiger partial charge on any atom is 0.228 e. The summed E-state index contributed by atoms with van der Waals surface area (Å²) in [6.45, 7) is 4.36. The van der Waals surface area contributed by atoms with Crippen molar-refractivity contribution in [1.29, 1.82) is 0 Å². The third kappa shape index (κ3) is 4.73. The molecular formula is C14H21ClN2O2. The lowest BCUT2D eigenvalue weighted by Gasteiger charge is -2.22. The smallest absolute Gasteiger partial charge is 0.228 e. The van der Waals surface area contributed by atoms with Gasteiger partial charge >= 0.3 is 0 Å². The van der Waals surface area contributed by atoms with Gasteiger partial charge in [0, 0.05) is 18.3 Å². The summed E-state index contributed by atoms with van der Waals surface area (Å²) in [6, 6.07) is 7.52. The number of benzene rings is 1. The molecule has 1 atom stereocenters. The third-order valence-corrected chi connectivity index (χ3v) is 3.08. The second kappa shape index (κ2) is 8.02. The second-order valence-corrected chi connectivity index (χ2v) is 4.49. The monoisotopic (exact) mass is 284 g/mol. The topological polar surface area (TPSA) is 50.4 Å². The van der Waals surface area contributed by atoms with Crippen molar-refractivity contribution in [3.8, 4) is 5.75 Å². The van der Waals surface area contributed by atoms with Crippen LogP contribution in [0.2, 0.25) is 0 Å². The summed E-state index contributed by atoms with van der Waals surface area (Å²) < 4.78 is 5.41. The molecule has 2 N–H and O–H groups in total. The molecule has 0 aliphatic carbocycles. The van der Waals surface area contributed by atoms with Crippen LogP contribution in [-0.2, 0) is 4.79 Å². The molecule has 1 aliphatic rings. The van der Waals surface area contributed by atoms with E-state index < -0.39 is 0 Å². The van der Waals surface area contributed by atoms with E-state index in [-0.39, 0.29) is 24.2 Å². The number of amides is 1. The van der Waals surface area contributed by atoms with Crippen molar-refractivity contribution in [1.82, 2.24) is 5.32 Å². The van der Waals surface area contributed by atoms with Crippen LogP contribution in [0.3, 0.4) is 0 Å². The van der Waals surface area contributed by atoms with Gasteiger partial charge in [0.25, 0.3) is 0 Å². The van der Waals surface area contributed by atoms with Crippen molar-refractivity contribution in [3.05, 3.63) is 24.3 Å². The maximum atomic E-state index is 12.0. The molecular weight excluding hydrogens is 264 g/mol. The average molecular weight is 285 g/mol. The zero-order valence-electron chi connectivity index (χ0n) is 11.1. The average Bonchev–Trinajstić information content (AvgIpc) is 2.40. The molecule has 1 amide bonds. The summed E-state index contributed by atoms with van der Waals surface area (Å²) in [5.41, 5.74) is 0.802. The Morgan fingerprint density at radius 3 is 3.05 bits per heavy atom. The summed E-state index contributed by atoms with van der Waals surface area (Å²) in [7, 11) is 0. The molecule has 2 rings (SSSR count). The van der Waals surface area contributed by atoms with Crippen molar-refractivity contribution in [2.45, 2.75) is 19.8 Å². The zero-order valence-corrected chi connectivity index (χ0v) is 12.0. The van der Waals surface area contributed by atoms with Gasteiger partial charge < -0.3 is 15.4 Å². The Bertz CT molecular complexity index is 406. The lowest BCUT2D eigenvalue weighted by Crippen LogP contribution is -2.37. The SMILES string of the molecule is CCOc1cccc(NC(=O)C2CCCNC2)c1.Cl. The molecule has 5 heteroatoms. The standard InChI is InChI=1S/C14H20N2O2.ClH/c1-2-18-13-7-3-6-12(9-13)16-14(17)11-5-4-8-15-10-11;/h3,6-7,9,11,15H,2,4-5,8,10H2,1H3,(H,16,17);1H. The Morgan fingerprint density at radius 2 is 2.37 bits per heavy atom. The second-order valence-electron chi connectivity index (χ2n) is 4.49. The molecule has 4 nitrogen and oxygen atoms in total. The van der Waals surface area contributed by atoms with Crippen LogP contribution in [-0.4, -0.2) is 25.6 Å². The van der Waals surface area contributed by atoms with Gasteiger partial charge in [0.1, 0.15) is 5.75 Å². The highest BCUT2D eigenvalue weighted by atomic mass is 35.5. The van der Waals surface area contributed by atoms with Crippen LogP contribution in [0.1, 0.15) is 19.8 Å². The molecule has 0 saturated carbocycles. The Morgan fingerprint density at radius 1 is 1.53 bits per heavy atom. The van der Waals surface area contributed by atoms with Crippen LogP contribution in [0.25, 0.3) is 0 Å². The number of hydrogen-bond donors (Lipinski definition) is 2. The molecule has 1 saturated heterocycles. The summed E-state index contributed by atoms with van der Waals surface area (Å²) in [6.07, 6.45) is 2.03. The predicted octanol–water partition coefficient (Wildman–Crippen LogP) is 2.45. The van der Waals surface area contributed by atoms with Gasteiger partial charge in [-0.15, -0.1) is 12.4 Å². The number of carbonyl (C=O) groups is 1. The van der Waals surface area contributed by atoms with Gasteiger partial charge in [-0.3, -0.25) is 4.79 Å². The van der Waals surface area contributed by atoms with Crippen molar-refractivity contribution in [2.75, 3.05) is 25.0 Å². The highest BCUT2D eigenvalue weighted by Gasteiger charge is 2.20. The van der Waals surface area contributed by atoms with Crippen LogP contribution in [0.4, 0.5) is 5.69 Å². The Labute approximate surface area is 120 Å². The fourth-order valence-corrected chi connectivity index (χ4v) is 2.15. The van der Waals surface area contributed by atoms with Gasteiger partial charge in [-0.05, 0) is 38.4 Å². The fraction of sp³-hybridized carbons (Fsp3) is 0.500. The summed E-state index contributed by atoms with van der Waals surface area (Å²) >= 11 is 0. The highest BCUT2D eigenvalue weighted by Crippen LogP contribution is 2.19. The van der Waals surface area contributed by atoms with Crippen molar-refractivity contribution < 1.29 is 9.53 Å². The quantitative estimate of drug-likeness (QED) is 0.893. The lowest BCUT2D eigenvalue weighted by molar-refractivity contribution is -0.120. The van der Waals surface area contributed by atoms with Gasteiger partial charge in [-0.2, -0.15) is 0 Å². The lowest BCUT2D eigenvalue weighted by atomic mass is 9.99. The first-order valence-corrected chi connectivity index (χ1v) is 6.54. The zero-order chi connectivity index (χ0) is 12.8. The van der Waals surface area contributed by atoms with Crippen LogP contribution < -0.4 is 15.4 Å². The molecule has 0 bridgehead atoms. The number of nitrogens with one attached hydrogen (secondary N) is 2. The number of halogens is 1. The van der Waals surface area contributed by atoms with E-state index in [1.807, 2.05) is 31.2 Å². The minimum Gasteiger partial charge on any atom is -0.494 e. The van der Waals surface area contributed by atoms with E-state index in [0.29, 0.717) is 6.61 Å². The van der Waals surface area contributed by atoms with Crippen LogP contribution in [0, 0.1) is 5.92 Å². The Kier molecular flexibility index (Phi) is 6.67. The first-order chi connectivity index (χ1) is 8.79. The van der Waals surface area contributed by atoms with Gasteiger partial charge in [0.15, 0.2) is 0 Å². The van der Waals surface area contributed by atoms with Crippen molar-refractivity contribution in [3.63, 3.8) is 0 Å². The van der Waals surface area contributed by atoms with Gasteiger partial charge in [0.05, 0.1) is 12.5 Å². The molecule has 0 aromatic heterocycles. The van der Waals surface area contributed by atoms with Crippen molar-refractivity contribution in [2.24, 2.45) is 5.92 Å². The molecule has 1 aromatic rings. The number of hydrogen-bond acceptors (Lipinski definition) is 3. The van der Waals surface area contributed by atoms with E-state index in [4.69, 9.17) is 4.74 Å². The van der Waals surface area contributed by atoms with Crippen molar-refractivity contribution >= 4 is 24.0 Å². The summed E-state index contributed by atoms with van der Waals surface area (Å²) in [5.74, 6) is 0.961. The molecule has 0 spiro atoms. The van der Waals surface area contributed by atoms with E-state index in [1.165, 1.54) is 0 Å². The van der Waals surface area contributed by atoms with E-state index in [0.717, 1.165) is 37.4 Å². The van der Waals surface area contributed by atoms with Gasteiger partial charge in [-0.1, -0.05) is 6.07 Å². The summed E-state index contributed by atoms with van der Waals surface area (Å²) in [4.78, 5) is 12.0. The number of anilines is 1. The normalized spacial score (nSPS) is 18.3. The molecule has 1 aliphatic heterocycles. The molecule has 1 heterocycles. The maximum absolute atomic E-state index is 12.0. The number of piperidine rings is 1. The first kappa shape index (κ1) is 15.8. The molecule has 1 unspecified atom stereocenters. The fourth-order valence-electron chi connectivity index (χ4n) is 2.15. The Balaban J connectivity index is 0.00000180. The largest absolute Gasteiger partial charge is 0.494 e. The molecule has 0 radical (unpaired) electrons.